The van der Waals surface area contributed by atoms with Crippen LogP contribution in [0, 0.1) is 29.6 Å². The number of aryl methyl sites for hydroxylation is 1. The molecule has 1 aromatic heterocycles. The molecule has 1 heterocycles. The molecule has 2 aromatic rings. The Hall–Kier alpha value is -3.59. The molecule has 1 amide bonds. The van der Waals surface area contributed by atoms with Crippen LogP contribution in [-0.2, 0) is 32.0 Å². The van der Waals surface area contributed by atoms with Gasteiger partial charge in [0.15, 0.2) is 34.7 Å². The van der Waals surface area contributed by atoms with E-state index in [9.17, 15) is 34.2 Å². The zero-order chi connectivity index (χ0) is 26.8. The Morgan fingerprint density at radius 1 is 1.11 bits per heavy atom. The first-order chi connectivity index (χ1) is 17.4. The van der Waals surface area contributed by atoms with Crippen LogP contribution in [0.1, 0.15) is 54.8 Å². The van der Waals surface area contributed by atoms with Crippen molar-refractivity contribution in [3.8, 4) is 17.1 Å². The summed E-state index contributed by atoms with van der Waals surface area (Å²) in [4.78, 5) is 64.5. The first kappa shape index (κ1) is 25.1. The molecule has 9 nitrogen and oxygen atoms in total. The van der Waals surface area contributed by atoms with Gasteiger partial charge in [-0.05, 0) is 60.9 Å². The largest absolute Gasteiger partial charge is 0.507 e. The molecule has 9 heteroatoms. The Labute approximate surface area is 213 Å². The molecule has 3 aliphatic rings. The van der Waals surface area contributed by atoms with Gasteiger partial charge < -0.3 is 20.4 Å². The lowest BCUT2D eigenvalue weighted by Gasteiger charge is -2.48. The molecule has 0 saturated heterocycles. The van der Waals surface area contributed by atoms with Crippen LogP contribution in [0.5, 0.6) is 5.75 Å². The number of carbonyl (C=O) groups excluding carboxylic acids is 5. The van der Waals surface area contributed by atoms with E-state index in [0.717, 1.165) is 18.6 Å². The summed E-state index contributed by atoms with van der Waals surface area (Å²) < 4.78 is 6.05. The van der Waals surface area contributed by atoms with Crippen LogP contribution in [0.3, 0.4) is 0 Å². The predicted molar refractivity (Wildman–Crippen MR) is 129 cm³/mol. The van der Waals surface area contributed by atoms with Crippen LogP contribution in [0.4, 0.5) is 0 Å². The van der Waals surface area contributed by atoms with E-state index in [4.69, 9.17) is 10.2 Å². The zero-order valence-corrected chi connectivity index (χ0v) is 20.7. The SMILES string of the molecule is CC(C)CCc1ccc(-c2ccc(O)c3c2C[C@H]2C[C@H]4CC(=O)C(C(N)=O)C(=O)[C@@]4(O)C(=O)C2C3=O)o1. The van der Waals surface area contributed by atoms with Crippen molar-refractivity contribution >= 4 is 29.0 Å². The van der Waals surface area contributed by atoms with Gasteiger partial charge in [0.25, 0.3) is 0 Å². The summed E-state index contributed by atoms with van der Waals surface area (Å²) in [6.45, 7) is 4.24. The van der Waals surface area contributed by atoms with Crippen molar-refractivity contribution in [2.45, 2.75) is 51.6 Å². The van der Waals surface area contributed by atoms with Gasteiger partial charge >= 0.3 is 0 Å². The lowest BCUT2D eigenvalue weighted by molar-refractivity contribution is -0.175. The number of carbonyl (C=O) groups is 5. The first-order valence-corrected chi connectivity index (χ1v) is 12.6. The van der Waals surface area contributed by atoms with Crippen molar-refractivity contribution in [2.75, 3.05) is 0 Å². The fraction of sp³-hybridized carbons (Fsp3) is 0.464. The van der Waals surface area contributed by atoms with E-state index in [-0.39, 0.29) is 30.6 Å². The van der Waals surface area contributed by atoms with Crippen LogP contribution in [0.15, 0.2) is 28.7 Å². The molecular formula is C28H29NO8. The lowest BCUT2D eigenvalue weighted by Crippen LogP contribution is -2.68. The summed E-state index contributed by atoms with van der Waals surface area (Å²) in [7, 11) is 0. The third-order valence-corrected chi connectivity index (χ3v) is 8.18. The number of rotatable bonds is 5. The van der Waals surface area contributed by atoms with Gasteiger partial charge in [-0.3, -0.25) is 24.0 Å². The number of aromatic hydroxyl groups is 1. The van der Waals surface area contributed by atoms with E-state index in [1.54, 1.807) is 6.07 Å². The van der Waals surface area contributed by atoms with E-state index >= 15 is 0 Å². The zero-order valence-electron chi connectivity index (χ0n) is 20.7. The van der Waals surface area contributed by atoms with E-state index in [0.29, 0.717) is 22.8 Å². The molecule has 0 aliphatic heterocycles. The minimum Gasteiger partial charge on any atom is -0.507 e. The monoisotopic (exact) mass is 507 g/mol. The molecule has 3 aliphatic carbocycles. The number of aliphatic hydroxyl groups is 1. The Balaban J connectivity index is 1.54. The summed E-state index contributed by atoms with van der Waals surface area (Å²) in [5, 5.41) is 21.9. The number of hydrogen-bond donors (Lipinski definition) is 3. The van der Waals surface area contributed by atoms with Gasteiger partial charge in [0.1, 0.15) is 17.3 Å². The minimum absolute atomic E-state index is 0.0416. The number of hydrogen-bond acceptors (Lipinski definition) is 8. The molecule has 37 heavy (non-hydrogen) atoms. The van der Waals surface area contributed by atoms with Gasteiger partial charge in [-0.2, -0.15) is 0 Å². The number of nitrogens with two attached hydrogens (primary N) is 1. The summed E-state index contributed by atoms with van der Waals surface area (Å²) in [6.07, 6.45) is 1.59. The number of benzene rings is 1. The highest BCUT2D eigenvalue weighted by molar-refractivity contribution is 6.31. The standard InChI is InChI=1S/C28H29NO8/c1-12(2)3-4-15-5-8-20(37-15)16-6-7-18(30)22-17(16)10-13-9-14-11-19(31)23(27(29)35)26(34)28(14,36)25(33)21(13)24(22)32/h5-8,12-14,21,23,30,36H,3-4,9-11H2,1-2H3,(H2,29,35)/t13-,14+,21?,23?,28+/m1/s1. The van der Waals surface area contributed by atoms with Crippen molar-refractivity contribution in [1.29, 1.82) is 0 Å². The fourth-order valence-electron chi connectivity index (χ4n) is 6.29. The number of phenolic OH excluding ortho intramolecular Hbond substituents is 1. The smallest absolute Gasteiger partial charge is 0.235 e. The van der Waals surface area contributed by atoms with E-state index < -0.39 is 58.3 Å². The average Bonchev–Trinajstić information content (AvgIpc) is 3.28. The molecular weight excluding hydrogens is 478 g/mol. The molecule has 2 saturated carbocycles. The molecule has 4 N–H and O–H groups in total. The van der Waals surface area contributed by atoms with Crippen molar-refractivity contribution in [2.24, 2.45) is 35.3 Å². The Morgan fingerprint density at radius 2 is 1.84 bits per heavy atom. The lowest BCUT2D eigenvalue weighted by atomic mass is 9.53. The van der Waals surface area contributed by atoms with Gasteiger partial charge in [-0.25, -0.2) is 0 Å². The molecule has 2 fully saturated rings. The molecule has 0 radical (unpaired) electrons. The second-order valence-electron chi connectivity index (χ2n) is 10.9. The Kier molecular flexibility index (Phi) is 5.94. The number of ketones is 4. The number of Topliss-reactive ketones (excluding diaryl/α,β-unsaturated/α-hetero) is 4. The van der Waals surface area contributed by atoms with Crippen LogP contribution in [0.2, 0.25) is 0 Å². The number of fused-ring (bicyclic) bond motifs is 3. The summed E-state index contributed by atoms with van der Waals surface area (Å²) in [5.41, 5.74) is 3.66. The summed E-state index contributed by atoms with van der Waals surface area (Å²) in [6, 6.07) is 6.72. The van der Waals surface area contributed by atoms with Crippen molar-refractivity contribution < 1.29 is 38.6 Å². The van der Waals surface area contributed by atoms with Gasteiger partial charge in [0.2, 0.25) is 5.91 Å². The third-order valence-electron chi connectivity index (χ3n) is 8.18. The molecule has 5 atom stereocenters. The van der Waals surface area contributed by atoms with Gasteiger partial charge in [-0.15, -0.1) is 0 Å². The van der Waals surface area contributed by atoms with Crippen LogP contribution >= 0.6 is 0 Å². The maximum atomic E-state index is 13.7. The molecule has 2 unspecified atom stereocenters. The number of phenols is 1. The van der Waals surface area contributed by atoms with Gasteiger partial charge in [0.05, 0.1) is 11.5 Å². The first-order valence-electron chi connectivity index (χ1n) is 12.6. The van der Waals surface area contributed by atoms with Crippen LogP contribution < -0.4 is 5.73 Å². The van der Waals surface area contributed by atoms with Crippen molar-refractivity contribution in [3.05, 3.63) is 41.2 Å². The predicted octanol–water partition coefficient (Wildman–Crippen LogP) is 2.18. The minimum atomic E-state index is -2.65. The molecule has 0 bridgehead atoms. The second-order valence-corrected chi connectivity index (χ2v) is 10.9. The maximum Gasteiger partial charge on any atom is 0.235 e. The summed E-state index contributed by atoms with van der Waals surface area (Å²) >= 11 is 0. The quantitative estimate of drug-likeness (QED) is 0.518. The third kappa shape index (κ3) is 3.75. The maximum absolute atomic E-state index is 13.7. The molecule has 5 rings (SSSR count). The van der Waals surface area contributed by atoms with E-state index in [2.05, 4.69) is 13.8 Å². The summed E-state index contributed by atoms with van der Waals surface area (Å²) in [5.74, 6) is -8.40. The highest BCUT2D eigenvalue weighted by atomic mass is 16.3. The molecule has 194 valence electrons. The van der Waals surface area contributed by atoms with Gasteiger partial charge in [0, 0.05) is 24.3 Å². The van der Waals surface area contributed by atoms with Gasteiger partial charge in [-0.1, -0.05) is 13.8 Å². The van der Waals surface area contributed by atoms with Crippen molar-refractivity contribution in [1.82, 2.24) is 0 Å². The number of furan rings is 1. The van der Waals surface area contributed by atoms with E-state index in [1.807, 2.05) is 12.1 Å². The normalized spacial score (nSPS) is 29.2. The Bertz CT molecular complexity index is 1350. The molecule has 0 spiro atoms. The van der Waals surface area contributed by atoms with Crippen LogP contribution in [0.25, 0.3) is 11.3 Å². The van der Waals surface area contributed by atoms with E-state index in [1.165, 1.54) is 6.07 Å². The topological polar surface area (TPSA) is 165 Å². The van der Waals surface area contributed by atoms with Crippen LogP contribution in [-0.4, -0.2) is 44.9 Å². The number of primary amides is 1. The second kappa shape index (κ2) is 8.76. The highest BCUT2D eigenvalue weighted by Gasteiger charge is 2.66. The van der Waals surface area contributed by atoms with Crippen molar-refractivity contribution in [3.63, 3.8) is 0 Å². The Morgan fingerprint density at radius 3 is 2.51 bits per heavy atom. The average molecular weight is 508 g/mol. The molecule has 1 aromatic carbocycles. The highest BCUT2D eigenvalue weighted by Crippen LogP contribution is 2.51. The number of amides is 1. The fourth-order valence-corrected chi connectivity index (χ4v) is 6.29.